The zero-order valence-corrected chi connectivity index (χ0v) is 11.1. The monoisotopic (exact) mass is 329 g/mol. The fourth-order valence-corrected chi connectivity index (χ4v) is 1.95. The van der Waals surface area contributed by atoms with Crippen LogP contribution in [0.5, 0.6) is 0 Å². The molecule has 1 N–H and O–H groups in total. The number of hydrogen-bond donors (Lipinski definition) is 1. The molecule has 0 aliphatic carbocycles. The minimum absolute atomic E-state index is 0.594. The van der Waals surface area contributed by atoms with Crippen molar-refractivity contribution in [3.8, 4) is 11.5 Å². The van der Waals surface area contributed by atoms with E-state index in [9.17, 15) is 0 Å². The Balaban J connectivity index is 2.22. The Hall–Kier alpha value is -0.950. The summed E-state index contributed by atoms with van der Waals surface area (Å²) in [6.45, 7) is 0.841. The normalized spacial score (nSPS) is 10.6. The van der Waals surface area contributed by atoms with Crippen LogP contribution in [0.1, 0.15) is 5.89 Å². The predicted molar refractivity (Wildman–Crippen MR) is 70.1 cm³/mol. The summed E-state index contributed by atoms with van der Waals surface area (Å²) in [6, 6.07) is 7.96. The molecule has 1 aromatic heterocycles. The molecule has 0 unspecified atom stereocenters. The van der Waals surface area contributed by atoms with Crippen molar-refractivity contribution in [1.29, 1.82) is 0 Å². The number of likely N-dealkylation sites (N-methyl/N-ethyl adjacent to an activating group) is 1. The minimum atomic E-state index is 0.594. The maximum Gasteiger partial charge on any atom is 0.248 e. The maximum absolute atomic E-state index is 5.59. The van der Waals surface area contributed by atoms with Crippen LogP contribution in [0.2, 0.25) is 0 Å². The van der Waals surface area contributed by atoms with Crippen LogP contribution in [-0.4, -0.2) is 23.8 Å². The largest absolute Gasteiger partial charge is 0.421 e. The molecule has 0 saturated heterocycles. The van der Waals surface area contributed by atoms with Crippen molar-refractivity contribution in [3.05, 3.63) is 33.7 Å². The van der Waals surface area contributed by atoms with E-state index < -0.39 is 0 Å². The molecule has 2 rings (SSSR count). The zero-order chi connectivity index (χ0) is 11.4. The van der Waals surface area contributed by atoms with Crippen LogP contribution >= 0.6 is 22.6 Å². The first kappa shape index (κ1) is 11.5. The molecule has 0 fully saturated rings. The van der Waals surface area contributed by atoms with Crippen LogP contribution in [0.25, 0.3) is 11.5 Å². The Kier molecular flexibility index (Phi) is 3.89. The van der Waals surface area contributed by atoms with Crippen molar-refractivity contribution in [2.45, 2.75) is 6.42 Å². The number of nitrogens with one attached hydrogen (secondary N) is 1. The molecule has 0 bridgehead atoms. The lowest BCUT2D eigenvalue weighted by molar-refractivity contribution is 0.500. The summed E-state index contributed by atoms with van der Waals surface area (Å²) >= 11 is 2.26. The molecule has 0 saturated carbocycles. The fraction of sp³-hybridized carbons (Fsp3) is 0.273. The standard InChI is InChI=1S/C11H12IN3O/c1-13-7-6-10-14-15-11(16-10)8-4-2-3-5-9(8)12/h2-5,13H,6-7H2,1H3. The van der Waals surface area contributed by atoms with Gasteiger partial charge in [0.15, 0.2) is 0 Å². The van der Waals surface area contributed by atoms with Gasteiger partial charge in [-0.1, -0.05) is 12.1 Å². The van der Waals surface area contributed by atoms with Gasteiger partial charge in [0.1, 0.15) is 0 Å². The first-order chi connectivity index (χ1) is 7.81. The highest BCUT2D eigenvalue weighted by Crippen LogP contribution is 2.23. The van der Waals surface area contributed by atoms with Crippen molar-refractivity contribution < 1.29 is 4.42 Å². The van der Waals surface area contributed by atoms with Crippen LogP contribution in [-0.2, 0) is 6.42 Å². The summed E-state index contributed by atoms with van der Waals surface area (Å²) in [7, 11) is 1.90. The van der Waals surface area contributed by atoms with Crippen molar-refractivity contribution in [2.75, 3.05) is 13.6 Å². The molecule has 0 radical (unpaired) electrons. The third-order valence-corrected chi connectivity index (χ3v) is 3.10. The van der Waals surface area contributed by atoms with E-state index in [0.717, 1.165) is 22.1 Å². The highest BCUT2D eigenvalue weighted by Gasteiger charge is 2.10. The molecule has 0 amide bonds. The summed E-state index contributed by atoms with van der Waals surface area (Å²) in [5.74, 6) is 1.26. The van der Waals surface area contributed by atoms with E-state index in [0.29, 0.717) is 11.8 Å². The van der Waals surface area contributed by atoms with Crippen molar-refractivity contribution >= 4 is 22.6 Å². The Labute approximate surface area is 108 Å². The molecule has 16 heavy (non-hydrogen) atoms. The van der Waals surface area contributed by atoms with Gasteiger partial charge < -0.3 is 9.73 Å². The Bertz CT molecular complexity index is 470. The topological polar surface area (TPSA) is 51.0 Å². The molecule has 1 heterocycles. The lowest BCUT2D eigenvalue weighted by Gasteiger charge is -1.97. The van der Waals surface area contributed by atoms with E-state index in [-0.39, 0.29) is 0 Å². The van der Waals surface area contributed by atoms with E-state index in [1.165, 1.54) is 0 Å². The van der Waals surface area contributed by atoms with Gasteiger partial charge >= 0.3 is 0 Å². The Morgan fingerprint density at radius 2 is 2.12 bits per heavy atom. The first-order valence-electron chi connectivity index (χ1n) is 5.03. The van der Waals surface area contributed by atoms with E-state index in [1.807, 2.05) is 31.3 Å². The fourth-order valence-electron chi connectivity index (χ4n) is 1.33. The van der Waals surface area contributed by atoms with Crippen LogP contribution in [0.3, 0.4) is 0 Å². The van der Waals surface area contributed by atoms with Crippen LogP contribution in [0.15, 0.2) is 28.7 Å². The van der Waals surface area contributed by atoms with E-state index >= 15 is 0 Å². The predicted octanol–water partition coefficient (Wildman–Crippen LogP) is 2.10. The van der Waals surface area contributed by atoms with Crippen LogP contribution in [0, 0.1) is 3.57 Å². The molecule has 4 nitrogen and oxygen atoms in total. The van der Waals surface area contributed by atoms with Gasteiger partial charge in [0.05, 0.1) is 5.56 Å². The van der Waals surface area contributed by atoms with Gasteiger partial charge in [0.25, 0.3) is 0 Å². The summed E-state index contributed by atoms with van der Waals surface area (Å²) in [5.41, 5.74) is 0.992. The average Bonchev–Trinajstić information content (AvgIpc) is 2.75. The van der Waals surface area contributed by atoms with Crippen LogP contribution in [0.4, 0.5) is 0 Å². The molecular weight excluding hydrogens is 317 g/mol. The van der Waals surface area contributed by atoms with Gasteiger partial charge in [-0.2, -0.15) is 0 Å². The highest BCUT2D eigenvalue weighted by atomic mass is 127. The summed E-state index contributed by atoms with van der Waals surface area (Å²) in [5, 5.41) is 11.1. The van der Waals surface area contributed by atoms with Gasteiger partial charge in [-0.15, -0.1) is 10.2 Å². The summed E-state index contributed by atoms with van der Waals surface area (Å²) in [6.07, 6.45) is 0.757. The summed E-state index contributed by atoms with van der Waals surface area (Å²) < 4.78 is 6.70. The number of halogens is 1. The highest BCUT2D eigenvalue weighted by molar-refractivity contribution is 14.1. The lowest BCUT2D eigenvalue weighted by Crippen LogP contribution is -2.10. The third kappa shape index (κ3) is 2.59. The zero-order valence-electron chi connectivity index (χ0n) is 8.90. The number of hydrogen-bond acceptors (Lipinski definition) is 4. The molecular formula is C11H12IN3O. The quantitative estimate of drug-likeness (QED) is 0.873. The second kappa shape index (κ2) is 5.40. The second-order valence-electron chi connectivity index (χ2n) is 3.33. The third-order valence-electron chi connectivity index (χ3n) is 2.16. The van der Waals surface area contributed by atoms with Crippen molar-refractivity contribution in [2.24, 2.45) is 0 Å². The van der Waals surface area contributed by atoms with Gasteiger partial charge in [-0.25, -0.2) is 0 Å². The van der Waals surface area contributed by atoms with Gasteiger partial charge in [0.2, 0.25) is 11.8 Å². The van der Waals surface area contributed by atoms with Gasteiger partial charge in [-0.3, -0.25) is 0 Å². The van der Waals surface area contributed by atoms with E-state index in [2.05, 4.69) is 38.1 Å². The average molecular weight is 329 g/mol. The minimum Gasteiger partial charge on any atom is -0.421 e. The van der Waals surface area contributed by atoms with Crippen LogP contribution < -0.4 is 5.32 Å². The lowest BCUT2D eigenvalue weighted by atomic mass is 10.2. The van der Waals surface area contributed by atoms with E-state index in [4.69, 9.17) is 4.42 Å². The van der Waals surface area contributed by atoms with Gasteiger partial charge in [-0.05, 0) is 41.8 Å². The maximum atomic E-state index is 5.59. The molecule has 5 heteroatoms. The molecule has 0 spiro atoms. The number of rotatable bonds is 4. The van der Waals surface area contributed by atoms with E-state index in [1.54, 1.807) is 0 Å². The number of aromatic nitrogens is 2. The number of nitrogens with zero attached hydrogens (tertiary/aromatic N) is 2. The molecule has 0 atom stereocenters. The van der Waals surface area contributed by atoms with Crippen molar-refractivity contribution in [3.63, 3.8) is 0 Å². The molecule has 2 aromatic rings. The second-order valence-corrected chi connectivity index (χ2v) is 4.50. The van der Waals surface area contributed by atoms with Crippen molar-refractivity contribution in [1.82, 2.24) is 15.5 Å². The number of benzene rings is 1. The Morgan fingerprint density at radius 1 is 1.31 bits per heavy atom. The Morgan fingerprint density at radius 3 is 2.88 bits per heavy atom. The molecule has 0 aliphatic heterocycles. The summed E-state index contributed by atoms with van der Waals surface area (Å²) in [4.78, 5) is 0. The molecule has 84 valence electrons. The SMILES string of the molecule is CNCCc1nnc(-c2ccccc2I)o1. The van der Waals surface area contributed by atoms with Gasteiger partial charge in [0, 0.05) is 16.5 Å². The molecule has 0 aliphatic rings. The first-order valence-corrected chi connectivity index (χ1v) is 6.11. The molecule has 1 aromatic carbocycles. The smallest absolute Gasteiger partial charge is 0.248 e.